The van der Waals surface area contributed by atoms with Gasteiger partial charge in [0, 0.05) is 56.3 Å². The Kier molecular flexibility index (Phi) is 8.42. The number of rotatable bonds is 6. The van der Waals surface area contributed by atoms with E-state index >= 15 is 0 Å². The number of hydrogen-bond donors (Lipinski definition) is 0. The summed E-state index contributed by atoms with van der Waals surface area (Å²) in [5.74, 6) is 0.529. The maximum atomic E-state index is 13.0. The molecule has 2 aromatic rings. The van der Waals surface area contributed by atoms with E-state index in [-0.39, 0.29) is 30.2 Å². The first-order valence-electron chi connectivity index (χ1n) is 12.0. The summed E-state index contributed by atoms with van der Waals surface area (Å²) in [6, 6.07) is 16.6. The zero-order valence-corrected chi connectivity index (χ0v) is 20.4. The third kappa shape index (κ3) is 6.85. The molecule has 0 aromatic heterocycles. The van der Waals surface area contributed by atoms with Gasteiger partial charge in [-0.25, -0.2) is 0 Å². The number of piperidine rings is 1. The third-order valence-electron chi connectivity index (χ3n) is 6.49. The van der Waals surface area contributed by atoms with Crippen LogP contribution in [-0.2, 0) is 14.4 Å². The largest absolute Gasteiger partial charge is 0.484 e. The summed E-state index contributed by atoms with van der Waals surface area (Å²) in [7, 11) is 0. The summed E-state index contributed by atoms with van der Waals surface area (Å²) in [6.07, 6.45) is 4.75. The summed E-state index contributed by atoms with van der Waals surface area (Å²) >= 11 is 5.86. The standard InChI is InChI=1S/C27H30ClN3O4/c28-23-7-9-24(10-8-23)35-20-26(33)30-16-18-31(19-17-30)27(34)22-12-14-29(15-13-22)25(32)11-6-21-4-2-1-3-5-21/h1-11,22H,12-20H2. The van der Waals surface area contributed by atoms with Crippen LogP contribution in [0.5, 0.6) is 5.75 Å². The van der Waals surface area contributed by atoms with Gasteiger partial charge in [0.1, 0.15) is 5.75 Å². The van der Waals surface area contributed by atoms with E-state index in [0.717, 1.165) is 5.56 Å². The fourth-order valence-corrected chi connectivity index (χ4v) is 4.51. The Hall–Kier alpha value is -3.32. The van der Waals surface area contributed by atoms with Crippen LogP contribution in [0.1, 0.15) is 18.4 Å². The second kappa shape index (κ2) is 11.9. The number of carbonyl (C=O) groups excluding carboxylic acids is 3. The Morgan fingerprint density at radius 3 is 2.11 bits per heavy atom. The quantitative estimate of drug-likeness (QED) is 0.576. The van der Waals surface area contributed by atoms with Gasteiger partial charge in [-0.1, -0.05) is 41.9 Å². The molecule has 0 saturated carbocycles. The number of halogens is 1. The van der Waals surface area contributed by atoms with Crippen molar-refractivity contribution in [3.63, 3.8) is 0 Å². The van der Waals surface area contributed by atoms with Crippen molar-refractivity contribution in [2.24, 2.45) is 5.92 Å². The minimum atomic E-state index is -0.0950. The summed E-state index contributed by atoms with van der Waals surface area (Å²) in [6.45, 7) is 3.14. The van der Waals surface area contributed by atoms with E-state index in [4.69, 9.17) is 16.3 Å². The Morgan fingerprint density at radius 1 is 0.829 bits per heavy atom. The van der Waals surface area contributed by atoms with Gasteiger partial charge >= 0.3 is 0 Å². The monoisotopic (exact) mass is 495 g/mol. The van der Waals surface area contributed by atoms with Gasteiger partial charge in [0.05, 0.1) is 0 Å². The molecule has 35 heavy (non-hydrogen) atoms. The maximum Gasteiger partial charge on any atom is 0.260 e. The van der Waals surface area contributed by atoms with Crippen LogP contribution in [0, 0.1) is 5.92 Å². The summed E-state index contributed by atoms with van der Waals surface area (Å²) in [5, 5.41) is 0.613. The molecule has 2 aliphatic heterocycles. The molecule has 0 aliphatic carbocycles. The molecule has 0 bridgehead atoms. The van der Waals surface area contributed by atoms with Crippen molar-refractivity contribution in [3.05, 3.63) is 71.3 Å². The molecular formula is C27H30ClN3O4. The predicted octanol–water partition coefficient (Wildman–Crippen LogP) is 3.34. The minimum absolute atomic E-state index is 0.0207. The highest BCUT2D eigenvalue weighted by molar-refractivity contribution is 6.30. The van der Waals surface area contributed by atoms with E-state index in [2.05, 4.69) is 0 Å². The van der Waals surface area contributed by atoms with Crippen LogP contribution in [0.3, 0.4) is 0 Å². The van der Waals surface area contributed by atoms with Crippen LogP contribution < -0.4 is 4.74 Å². The minimum Gasteiger partial charge on any atom is -0.484 e. The van der Waals surface area contributed by atoms with Crippen LogP contribution in [0.2, 0.25) is 5.02 Å². The lowest BCUT2D eigenvalue weighted by Gasteiger charge is -2.38. The van der Waals surface area contributed by atoms with Crippen LogP contribution in [0.4, 0.5) is 0 Å². The highest BCUT2D eigenvalue weighted by atomic mass is 35.5. The second-order valence-electron chi connectivity index (χ2n) is 8.79. The zero-order valence-electron chi connectivity index (χ0n) is 19.6. The molecule has 2 fully saturated rings. The molecule has 0 spiro atoms. The maximum absolute atomic E-state index is 13.0. The Bertz CT molecular complexity index is 1040. The highest BCUT2D eigenvalue weighted by Crippen LogP contribution is 2.21. The number of piperazine rings is 1. The number of benzene rings is 2. The molecule has 7 nitrogen and oxygen atoms in total. The van der Waals surface area contributed by atoms with Crippen molar-refractivity contribution in [1.82, 2.24) is 14.7 Å². The van der Waals surface area contributed by atoms with Crippen LogP contribution in [0.15, 0.2) is 60.7 Å². The topological polar surface area (TPSA) is 70.2 Å². The van der Waals surface area contributed by atoms with E-state index in [1.165, 1.54) is 0 Å². The number of hydrogen-bond acceptors (Lipinski definition) is 4. The molecule has 0 unspecified atom stereocenters. The van der Waals surface area contributed by atoms with Crippen molar-refractivity contribution in [1.29, 1.82) is 0 Å². The first-order chi connectivity index (χ1) is 17.0. The Morgan fingerprint density at radius 2 is 1.46 bits per heavy atom. The van der Waals surface area contributed by atoms with Crippen LogP contribution in [0.25, 0.3) is 6.08 Å². The lowest BCUT2D eigenvalue weighted by Crippen LogP contribution is -2.53. The molecular weight excluding hydrogens is 466 g/mol. The van der Waals surface area contributed by atoms with Gasteiger partial charge in [-0.15, -0.1) is 0 Å². The van der Waals surface area contributed by atoms with E-state index in [0.29, 0.717) is 62.9 Å². The van der Waals surface area contributed by atoms with E-state index in [1.807, 2.05) is 41.3 Å². The fourth-order valence-electron chi connectivity index (χ4n) is 4.39. The molecule has 2 saturated heterocycles. The van der Waals surface area contributed by atoms with E-state index < -0.39 is 0 Å². The molecule has 2 aromatic carbocycles. The van der Waals surface area contributed by atoms with Crippen molar-refractivity contribution < 1.29 is 19.1 Å². The van der Waals surface area contributed by atoms with E-state index in [1.54, 1.807) is 40.1 Å². The average molecular weight is 496 g/mol. The van der Waals surface area contributed by atoms with Gasteiger partial charge in [0.15, 0.2) is 6.61 Å². The molecule has 4 rings (SSSR count). The normalized spacial score (nSPS) is 17.0. The Labute approximate surface area is 210 Å². The molecule has 0 atom stereocenters. The number of ether oxygens (including phenoxy) is 1. The first kappa shape index (κ1) is 24.8. The average Bonchev–Trinajstić information content (AvgIpc) is 2.91. The van der Waals surface area contributed by atoms with Crippen molar-refractivity contribution >= 4 is 35.4 Å². The zero-order chi connectivity index (χ0) is 24.6. The number of amides is 3. The van der Waals surface area contributed by atoms with Crippen molar-refractivity contribution in [3.8, 4) is 5.75 Å². The SMILES string of the molecule is O=C(C=Cc1ccccc1)N1CCC(C(=O)N2CCN(C(=O)COc3ccc(Cl)cc3)CC2)CC1. The number of likely N-dealkylation sites (tertiary alicyclic amines) is 1. The van der Waals surface area contributed by atoms with Gasteiger partial charge in [-0.05, 0) is 48.7 Å². The van der Waals surface area contributed by atoms with Gasteiger partial charge in [0.2, 0.25) is 11.8 Å². The van der Waals surface area contributed by atoms with Crippen LogP contribution in [-0.4, -0.2) is 78.3 Å². The summed E-state index contributed by atoms with van der Waals surface area (Å²) in [5.41, 5.74) is 0.986. The van der Waals surface area contributed by atoms with Crippen molar-refractivity contribution in [2.75, 3.05) is 45.9 Å². The van der Waals surface area contributed by atoms with Gasteiger partial charge in [-0.3, -0.25) is 14.4 Å². The third-order valence-corrected chi connectivity index (χ3v) is 6.75. The molecule has 184 valence electrons. The Balaban J connectivity index is 1.18. The lowest BCUT2D eigenvalue weighted by atomic mass is 9.95. The smallest absolute Gasteiger partial charge is 0.260 e. The van der Waals surface area contributed by atoms with Gasteiger partial charge in [-0.2, -0.15) is 0 Å². The second-order valence-corrected chi connectivity index (χ2v) is 9.23. The summed E-state index contributed by atoms with van der Waals surface area (Å²) < 4.78 is 5.55. The number of nitrogens with zero attached hydrogens (tertiary/aromatic N) is 3. The molecule has 2 heterocycles. The molecule has 0 radical (unpaired) electrons. The summed E-state index contributed by atoms with van der Waals surface area (Å²) in [4.78, 5) is 43.4. The highest BCUT2D eigenvalue weighted by Gasteiger charge is 2.32. The lowest BCUT2D eigenvalue weighted by molar-refractivity contribution is -0.144. The van der Waals surface area contributed by atoms with Crippen LogP contribution >= 0.6 is 11.6 Å². The molecule has 2 aliphatic rings. The molecule has 0 N–H and O–H groups in total. The fraction of sp³-hybridized carbons (Fsp3) is 0.370. The van der Waals surface area contributed by atoms with Gasteiger partial charge < -0.3 is 19.4 Å². The number of carbonyl (C=O) groups is 3. The molecule has 3 amide bonds. The van der Waals surface area contributed by atoms with Crippen molar-refractivity contribution in [2.45, 2.75) is 12.8 Å². The van der Waals surface area contributed by atoms with Gasteiger partial charge in [0.25, 0.3) is 5.91 Å². The van der Waals surface area contributed by atoms with E-state index in [9.17, 15) is 14.4 Å². The molecule has 8 heteroatoms. The first-order valence-corrected chi connectivity index (χ1v) is 12.3. The predicted molar refractivity (Wildman–Crippen MR) is 135 cm³/mol.